The highest BCUT2D eigenvalue weighted by Gasteiger charge is 2.35. The first-order valence-corrected chi connectivity index (χ1v) is 12.1. The molecule has 6 nitrogen and oxygen atoms in total. The zero-order chi connectivity index (χ0) is 21.5. The van der Waals surface area contributed by atoms with Crippen LogP contribution in [0.25, 0.3) is 11.3 Å². The monoisotopic (exact) mass is 481 g/mol. The third-order valence-corrected chi connectivity index (χ3v) is 8.02. The van der Waals surface area contributed by atoms with E-state index in [0.29, 0.717) is 32.0 Å². The minimum absolute atomic E-state index is 0.0752. The number of hydrogen-bond acceptors (Lipinski definition) is 5. The number of carbonyl (C=O) groups excluding carboxylic acids is 1. The van der Waals surface area contributed by atoms with Crippen molar-refractivity contribution in [1.29, 1.82) is 0 Å². The highest BCUT2D eigenvalue weighted by Crippen LogP contribution is 2.33. The lowest BCUT2D eigenvalue weighted by atomic mass is 10.2. The molecule has 2 aromatic carbocycles. The summed E-state index contributed by atoms with van der Waals surface area (Å²) in [7, 11) is -1.96. The van der Waals surface area contributed by atoms with Crippen LogP contribution in [0.5, 0.6) is 0 Å². The molecule has 0 aliphatic heterocycles. The van der Waals surface area contributed by atoms with Crippen LogP contribution in [0.2, 0.25) is 10.0 Å². The Morgan fingerprint density at radius 2 is 1.87 bits per heavy atom. The first kappa shape index (κ1) is 21.3. The smallest absolute Gasteiger partial charge is 0.257 e. The fraction of sp³-hybridized carbons (Fsp3) is 0.200. The minimum Gasteiger partial charge on any atom is -0.298 e. The molecule has 1 fully saturated rings. The molecule has 1 aliphatic carbocycles. The molecular weight excluding hydrogens is 465 g/mol. The van der Waals surface area contributed by atoms with E-state index in [9.17, 15) is 13.2 Å². The molecule has 1 aromatic heterocycles. The van der Waals surface area contributed by atoms with E-state index in [1.807, 2.05) is 0 Å². The van der Waals surface area contributed by atoms with Gasteiger partial charge in [-0.15, -0.1) is 11.3 Å². The lowest BCUT2D eigenvalue weighted by Crippen LogP contribution is -2.29. The number of benzene rings is 2. The molecule has 0 bridgehead atoms. The zero-order valence-electron chi connectivity index (χ0n) is 15.8. The quantitative estimate of drug-likeness (QED) is 0.527. The average Bonchev–Trinajstić information content (AvgIpc) is 3.47. The van der Waals surface area contributed by atoms with Crippen molar-refractivity contribution in [2.24, 2.45) is 0 Å². The molecule has 0 unspecified atom stereocenters. The fourth-order valence-electron chi connectivity index (χ4n) is 2.90. The second-order valence-corrected chi connectivity index (χ2v) is 10.6. The number of thiazole rings is 1. The number of anilines is 1. The second-order valence-electron chi connectivity index (χ2n) is 6.89. The first-order chi connectivity index (χ1) is 14.3. The van der Waals surface area contributed by atoms with Crippen molar-refractivity contribution >= 4 is 55.6 Å². The molecule has 156 valence electrons. The Kier molecular flexibility index (Phi) is 5.87. The summed E-state index contributed by atoms with van der Waals surface area (Å²) in [5, 5.41) is 5.92. The van der Waals surface area contributed by atoms with Crippen molar-refractivity contribution in [2.45, 2.75) is 23.8 Å². The van der Waals surface area contributed by atoms with Gasteiger partial charge in [0.2, 0.25) is 10.0 Å². The van der Waals surface area contributed by atoms with E-state index in [4.69, 9.17) is 23.2 Å². The van der Waals surface area contributed by atoms with Crippen LogP contribution in [0, 0.1) is 0 Å². The van der Waals surface area contributed by atoms with Gasteiger partial charge in [-0.1, -0.05) is 23.2 Å². The molecule has 3 aromatic rings. The summed E-state index contributed by atoms with van der Waals surface area (Å²) >= 11 is 13.4. The van der Waals surface area contributed by atoms with E-state index >= 15 is 0 Å². The van der Waals surface area contributed by atoms with E-state index in [-0.39, 0.29) is 16.8 Å². The maximum atomic E-state index is 12.6. The SMILES string of the molecule is CN(C1CC1)S(=O)(=O)c1ccc(C(=O)Nc2nc(-c3ccc(Cl)cc3Cl)cs2)cc1. The number of halogens is 2. The van der Waals surface area contributed by atoms with Crippen molar-refractivity contribution < 1.29 is 13.2 Å². The van der Waals surface area contributed by atoms with Crippen molar-refractivity contribution in [3.8, 4) is 11.3 Å². The number of carbonyl (C=O) groups is 1. The molecule has 10 heteroatoms. The number of aromatic nitrogens is 1. The van der Waals surface area contributed by atoms with Gasteiger partial charge < -0.3 is 0 Å². The highest BCUT2D eigenvalue weighted by atomic mass is 35.5. The first-order valence-electron chi connectivity index (χ1n) is 9.06. The number of amides is 1. The predicted octanol–water partition coefficient (Wildman–Crippen LogP) is 5.15. The molecule has 4 rings (SSSR count). The van der Waals surface area contributed by atoms with Crippen molar-refractivity contribution in [3.63, 3.8) is 0 Å². The fourth-order valence-corrected chi connectivity index (χ4v) is 5.53. The zero-order valence-corrected chi connectivity index (χ0v) is 18.9. The third kappa shape index (κ3) is 4.38. The van der Waals surface area contributed by atoms with Crippen LogP contribution < -0.4 is 5.32 Å². The summed E-state index contributed by atoms with van der Waals surface area (Å²) in [6.45, 7) is 0. The molecule has 0 spiro atoms. The van der Waals surface area contributed by atoms with Crippen LogP contribution in [-0.4, -0.2) is 36.7 Å². The number of sulfonamides is 1. The Bertz CT molecular complexity index is 1210. The Morgan fingerprint density at radius 1 is 1.17 bits per heavy atom. The third-order valence-electron chi connectivity index (χ3n) is 4.79. The van der Waals surface area contributed by atoms with Gasteiger partial charge in [-0.25, -0.2) is 13.4 Å². The number of rotatable bonds is 6. The normalized spacial score (nSPS) is 14.1. The Labute approximate surface area is 188 Å². The average molecular weight is 482 g/mol. The number of hydrogen-bond donors (Lipinski definition) is 1. The molecule has 0 atom stereocenters. The summed E-state index contributed by atoms with van der Waals surface area (Å²) in [5.41, 5.74) is 1.68. The van der Waals surface area contributed by atoms with E-state index in [1.54, 1.807) is 30.6 Å². The molecule has 1 amide bonds. The van der Waals surface area contributed by atoms with Crippen LogP contribution in [0.1, 0.15) is 23.2 Å². The van der Waals surface area contributed by atoms with Gasteiger partial charge in [0.1, 0.15) is 0 Å². The van der Waals surface area contributed by atoms with Crippen molar-refractivity contribution in [3.05, 3.63) is 63.5 Å². The van der Waals surface area contributed by atoms with Gasteiger partial charge in [0.15, 0.2) is 5.13 Å². The standard InChI is InChI=1S/C20H17Cl2N3O3S2/c1-25(14-5-6-14)30(27,28)15-7-2-12(3-8-15)19(26)24-20-23-18(11-29-20)16-9-4-13(21)10-17(16)22/h2-4,7-11,14H,5-6H2,1H3,(H,23,24,26). The Balaban J connectivity index is 1.47. The van der Waals surface area contributed by atoms with Crippen LogP contribution >= 0.6 is 34.5 Å². The minimum atomic E-state index is -3.54. The lowest BCUT2D eigenvalue weighted by Gasteiger charge is -2.16. The maximum Gasteiger partial charge on any atom is 0.257 e. The van der Waals surface area contributed by atoms with E-state index in [1.165, 1.54) is 39.9 Å². The molecule has 1 saturated carbocycles. The van der Waals surface area contributed by atoms with Gasteiger partial charge in [0, 0.05) is 34.6 Å². The summed E-state index contributed by atoms with van der Waals surface area (Å²) < 4.78 is 26.5. The summed E-state index contributed by atoms with van der Waals surface area (Å²) in [6.07, 6.45) is 1.76. The Hall–Kier alpha value is -1.97. The molecule has 1 N–H and O–H groups in total. The van der Waals surface area contributed by atoms with Gasteiger partial charge in [-0.2, -0.15) is 4.31 Å². The van der Waals surface area contributed by atoms with E-state index in [0.717, 1.165) is 12.8 Å². The molecule has 1 heterocycles. The van der Waals surface area contributed by atoms with Gasteiger partial charge in [0.05, 0.1) is 15.6 Å². The molecule has 0 radical (unpaired) electrons. The predicted molar refractivity (Wildman–Crippen MR) is 120 cm³/mol. The van der Waals surface area contributed by atoms with E-state index < -0.39 is 10.0 Å². The lowest BCUT2D eigenvalue weighted by molar-refractivity contribution is 0.102. The summed E-state index contributed by atoms with van der Waals surface area (Å²) in [5.74, 6) is -0.377. The van der Waals surface area contributed by atoms with Crippen molar-refractivity contribution in [1.82, 2.24) is 9.29 Å². The van der Waals surface area contributed by atoms with Crippen molar-refractivity contribution in [2.75, 3.05) is 12.4 Å². The summed E-state index contributed by atoms with van der Waals surface area (Å²) in [6, 6.07) is 11.1. The largest absolute Gasteiger partial charge is 0.298 e. The molecule has 0 saturated heterocycles. The van der Waals surface area contributed by atoms with Gasteiger partial charge in [0.25, 0.3) is 5.91 Å². The van der Waals surface area contributed by atoms with Crippen LogP contribution in [0.4, 0.5) is 5.13 Å². The van der Waals surface area contributed by atoms with Gasteiger partial charge in [-0.05, 0) is 55.3 Å². The molecular formula is C20H17Cl2N3O3S2. The van der Waals surface area contributed by atoms with Gasteiger partial charge >= 0.3 is 0 Å². The number of nitrogens with one attached hydrogen (secondary N) is 1. The second kappa shape index (κ2) is 8.28. The van der Waals surface area contributed by atoms with Gasteiger partial charge in [-0.3, -0.25) is 10.1 Å². The molecule has 30 heavy (non-hydrogen) atoms. The summed E-state index contributed by atoms with van der Waals surface area (Å²) in [4.78, 5) is 17.1. The van der Waals surface area contributed by atoms with E-state index in [2.05, 4.69) is 10.3 Å². The van der Waals surface area contributed by atoms with Crippen LogP contribution in [-0.2, 0) is 10.0 Å². The van der Waals surface area contributed by atoms with Crippen LogP contribution in [0.3, 0.4) is 0 Å². The Morgan fingerprint density at radius 3 is 2.50 bits per heavy atom. The highest BCUT2D eigenvalue weighted by molar-refractivity contribution is 7.89. The topological polar surface area (TPSA) is 79.4 Å². The maximum absolute atomic E-state index is 12.6. The van der Waals surface area contributed by atoms with Crippen LogP contribution in [0.15, 0.2) is 52.7 Å². The number of nitrogens with zero attached hydrogens (tertiary/aromatic N) is 2. The molecule has 1 aliphatic rings.